The highest BCUT2D eigenvalue weighted by molar-refractivity contribution is 5.89. The van der Waals surface area contributed by atoms with Crippen LogP contribution in [0.1, 0.15) is 0 Å². The van der Waals surface area contributed by atoms with Gasteiger partial charge in [0.05, 0.1) is 6.54 Å². The molecule has 1 aliphatic rings. The Morgan fingerprint density at radius 1 is 1.18 bits per heavy atom. The summed E-state index contributed by atoms with van der Waals surface area (Å²) in [6.07, 6.45) is -0.246. The van der Waals surface area contributed by atoms with Crippen molar-refractivity contribution in [3.05, 3.63) is 48.5 Å². The predicted octanol–water partition coefficient (Wildman–Crippen LogP) is 2.35. The van der Waals surface area contributed by atoms with Gasteiger partial charge < -0.3 is 25.2 Å². The molecule has 0 spiro atoms. The summed E-state index contributed by atoms with van der Waals surface area (Å²) in [7, 11) is 0. The summed E-state index contributed by atoms with van der Waals surface area (Å²) in [5, 5.41) is 14.7. The van der Waals surface area contributed by atoms with Gasteiger partial charge in [-0.2, -0.15) is 0 Å². The number of hydrogen-bond acceptors (Lipinski definition) is 4. The molecule has 2 aromatic carbocycles. The zero-order valence-corrected chi connectivity index (χ0v) is 11.8. The number of carbonyl (C=O) groups excluding carboxylic acids is 1. The number of carbonyl (C=O) groups is 1. The Kier molecular flexibility index (Phi) is 4.00. The molecule has 0 radical (unpaired) electrons. The van der Waals surface area contributed by atoms with Crippen molar-refractivity contribution in [3.63, 3.8) is 0 Å². The van der Waals surface area contributed by atoms with Crippen LogP contribution in [0.2, 0.25) is 0 Å². The van der Waals surface area contributed by atoms with Crippen molar-refractivity contribution in [2.75, 3.05) is 18.5 Å². The minimum absolute atomic E-state index is 0.0958. The molecule has 2 aromatic rings. The standard InChI is InChI=1S/C16H16N2O4/c19-12-5-3-4-11(8-12)18-16(20)17-9-13-10-21-14-6-1-2-7-15(14)22-13/h1-8,13,19H,9-10H2,(H2,17,18,20). The molecule has 1 heterocycles. The van der Waals surface area contributed by atoms with Gasteiger partial charge >= 0.3 is 6.03 Å². The number of anilines is 1. The topological polar surface area (TPSA) is 79.8 Å². The summed E-state index contributed by atoms with van der Waals surface area (Å²) in [6.45, 7) is 0.697. The molecule has 0 aliphatic carbocycles. The summed E-state index contributed by atoms with van der Waals surface area (Å²) in [4.78, 5) is 11.8. The van der Waals surface area contributed by atoms with E-state index in [1.807, 2.05) is 24.3 Å². The van der Waals surface area contributed by atoms with Gasteiger partial charge in [0.2, 0.25) is 0 Å². The predicted molar refractivity (Wildman–Crippen MR) is 81.5 cm³/mol. The number of urea groups is 1. The first-order valence-corrected chi connectivity index (χ1v) is 6.93. The molecule has 114 valence electrons. The smallest absolute Gasteiger partial charge is 0.319 e. The Morgan fingerprint density at radius 2 is 2.00 bits per heavy atom. The quantitative estimate of drug-likeness (QED) is 0.813. The number of para-hydroxylation sites is 2. The van der Waals surface area contributed by atoms with Crippen molar-refractivity contribution in [1.29, 1.82) is 0 Å². The monoisotopic (exact) mass is 300 g/mol. The van der Waals surface area contributed by atoms with Gasteiger partial charge in [-0.25, -0.2) is 4.79 Å². The second-order valence-electron chi connectivity index (χ2n) is 4.88. The summed E-state index contributed by atoms with van der Waals surface area (Å²) in [5.41, 5.74) is 0.517. The summed E-state index contributed by atoms with van der Waals surface area (Å²) in [6, 6.07) is 13.4. The first kappa shape index (κ1) is 14.1. The average Bonchev–Trinajstić information content (AvgIpc) is 2.53. The summed E-state index contributed by atoms with van der Waals surface area (Å²) in [5.74, 6) is 1.48. The molecule has 0 fully saturated rings. The second kappa shape index (κ2) is 6.26. The zero-order chi connectivity index (χ0) is 15.4. The van der Waals surface area contributed by atoms with Crippen LogP contribution in [0.25, 0.3) is 0 Å². The molecule has 6 nitrogen and oxygen atoms in total. The number of hydrogen-bond donors (Lipinski definition) is 3. The molecule has 3 N–H and O–H groups in total. The van der Waals surface area contributed by atoms with Gasteiger partial charge in [-0.3, -0.25) is 0 Å². The van der Waals surface area contributed by atoms with E-state index in [9.17, 15) is 9.90 Å². The van der Waals surface area contributed by atoms with Crippen LogP contribution >= 0.6 is 0 Å². The third-order valence-corrected chi connectivity index (χ3v) is 3.16. The van der Waals surface area contributed by atoms with Crippen LogP contribution in [-0.4, -0.2) is 30.4 Å². The number of rotatable bonds is 3. The van der Waals surface area contributed by atoms with Crippen molar-refractivity contribution >= 4 is 11.7 Å². The normalized spacial score (nSPS) is 15.9. The van der Waals surface area contributed by atoms with Crippen LogP contribution in [0.5, 0.6) is 17.2 Å². The van der Waals surface area contributed by atoms with Crippen LogP contribution in [0, 0.1) is 0 Å². The lowest BCUT2D eigenvalue weighted by atomic mass is 10.2. The summed E-state index contributed by atoms with van der Waals surface area (Å²) < 4.78 is 11.3. The number of phenols is 1. The van der Waals surface area contributed by atoms with Gasteiger partial charge in [-0.1, -0.05) is 18.2 Å². The van der Waals surface area contributed by atoms with E-state index in [1.54, 1.807) is 12.1 Å². The lowest BCUT2D eigenvalue weighted by Gasteiger charge is -2.26. The number of fused-ring (bicyclic) bond motifs is 1. The molecular weight excluding hydrogens is 284 g/mol. The van der Waals surface area contributed by atoms with E-state index in [0.717, 1.165) is 0 Å². The van der Waals surface area contributed by atoms with Crippen molar-refractivity contribution in [2.45, 2.75) is 6.10 Å². The van der Waals surface area contributed by atoms with E-state index in [0.29, 0.717) is 30.3 Å². The fraction of sp³-hybridized carbons (Fsp3) is 0.188. The number of aromatic hydroxyl groups is 1. The molecule has 1 unspecified atom stereocenters. The minimum atomic E-state index is -0.368. The fourth-order valence-corrected chi connectivity index (χ4v) is 2.13. The molecule has 0 bridgehead atoms. The SMILES string of the molecule is O=C(NCC1COc2ccccc2O1)Nc1cccc(O)c1. The average molecular weight is 300 g/mol. The van der Waals surface area contributed by atoms with Crippen molar-refractivity contribution in [2.24, 2.45) is 0 Å². The van der Waals surface area contributed by atoms with Gasteiger partial charge in [0, 0.05) is 11.8 Å². The van der Waals surface area contributed by atoms with Crippen molar-refractivity contribution in [3.8, 4) is 17.2 Å². The molecule has 3 rings (SSSR count). The van der Waals surface area contributed by atoms with Crippen LogP contribution in [0.3, 0.4) is 0 Å². The molecule has 0 aromatic heterocycles. The van der Waals surface area contributed by atoms with Crippen LogP contribution in [0.4, 0.5) is 10.5 Å². The molecule has 2 amide bonds. The first-order valence-electron chi connectivity index (χ1n) is 6.93. The van der Waals surface area contributed by atoms with E-state index in [2.05, 4.69) is 10.6 Å². The van der Waals surface area contributed by atoms with E-state index in [1.165, 1.54) is 12.1 Å². The van der Waals surface area contributed by atoms with Crippen molar-refractivity contribution < 1.29 is 19.4 Å². The van der Waals surface area contributed by atoms with Crippen LogP contribution in [-0.2, 0) is 0 Å². The number of benzene rings is 2. The maximum absolute atomic E-state index is 11.8. The molecule has 0 saturated heterocycles. The van der Waals surface area contributed by atoms with Gasteiger partial charge in [0.15, 0.2) is 17.6 Å². The summed E-state index contributed by atoms with van der Waals surface area (Å²) >= 11 is 0. The van der Waals surface area contributed by atoms with Gasteiger partial charge in [-0.15, -0.1) is 0 Å². The Balaban J connectivity index is 1.50. The highest BCUT2D eigenvalue weighted by Gasteiger charge is 2.20. The maximum atomic E-state index is 11.8. The van der Waals surface area contributed by atoms with E-state index < -0.39 is 0 Å². The van der Waals surface area contributed by atoms with E-state index >= 15 is 0 Å². The molecule has 6 heteroatoms. The molecular formula is C16H16N2O4. The number of ether oxygens (including phenoxy) is 2. The highest BCUT2D eigenvalue weighted by atomic mass is 16.6. The number of nitrogens with one attached hydrogen (secondary N) is 2. The minimum Gasteiger partial charge on any atom is -0.508 e. The van der Waals surface area contributed by atoms with Crippen LogP contribution in [0.15, 0.2) is 48.5 Å². The van der Waals surface area contributed by atoms with Crippen LogP contribution < -0.4 is 20.1 Å². The Labute approximate surface area is 127 Å². The fourth-order valence-electron chi connectivity index (χ4n) is 2.13. The van der Waals surface area contributed by atoms with Gasteiger partial charge in [0.25, 0.3) is 0 Å². The number of phenolic OH excluding ortho intramolecular Hbond substituents is 1. The first-order chi connectivity index (χ1) is 10.7. The van der Waals surface area contributed by atoms with Crippen molar-refractivity contribution in [1.82, 2.24) is 5.32 Å². The largest absolute Gasteiger partial charge is 0.508 e. The maximum Gasteiger partial charge on any atom is 0.319 e. The Morgan fingerprint density at radius 3 is 2.82 bits per heavy atom. The molecule has 22 heavy (non-hydrogen) atoms. The van der Waals surface area contributed by atoms with E-state index in [4.69, 9.17) is 9.47 Å². The van der Waals surface area contributed by atoms with E-state index in [-0.39, 0.29) is 17.9 Å². The van der Waals surface area contributed by atoms with Gasteiger partial charge in [-0.05, 0) is 24.3 Å². The highest BCUT2D eigenvalue weighted by Crippen LogP contribution is 2.30. The molecule has 0 saturated carbocycles. The lowest BCUT2D eigenvalue weighted by molar-refractivity contribution is 0.0922. The Bertz CT molecular complexity index is 675. The number of amides is 2. The Hall–Kier alpha value is -2.89. The lowest BCUT2D eigenvalue weighted by Crippen LogP contribution is -2.42. The third kappa shape index (κ3) is 3.41. The van der Waals surface area contributed by atoms with Gasteiger partial charge in [0.1, 0.15) is 12.4 Å². The zero-order valence-electron chi connectivity index (χ0n) is 11.8. The molecule has 1 aliphatic heterocycles. The second-order valence-corrected chi connectivity index (χ2v) is 4.88. The third-order valence-electron chi connectivity index (χ3n) is 3.16. The molecule has 1 atom stereocenters.